The largest absolute Gasteiger partial charge is 0.503 e. The van der Waals surface area contributed by atoms with Gasteiger partial charge in [-0.15, -0.1) is 0 Å². The molecule has 8 heteroatoms. The molecule has 8 nitrogen and oxygen atoms in total. The third-order valence-corrected chi connectivity index (χ3v) is 4.73. The number of fused-ring (bicyclic) bond motifs is 1. The Bertz CT molecular complexity index is 924. The number of rotatable bonds is 5. The quantitative estimate of drug-likeness (QED) is 0.861. The zero-order chi connectivity index (χ0) is 19.7. The molecule has 1 amide bonds. The second-order valence-corrected chi connectivity index (χ2v) is 6.02. The fourth-order valence-corrected chi connectivity index (χ4v) is 3.57. The number of benzene rings is 1. The minimum absolute atomic E-state index is 0.0380. The number of carbonyl (C=O) groups excluding carboxylic acids is 1. The first-order valence-corrected chi connectivity index (χ1v) is 8.73. The van der Waals surface area contributed by atoms with Gasteiger partial charge in [0.05, 0.1) is 14.2 Å². The van der Waals surface area contributed by atoms with E-state index in [1.54, 1.807) is 24.9 Å². The molecule has 0 aliphatic carbocycles. The van der Waals surface area contributed by atoms with Crippen LogP contribution in [0.4, 0.5) is 0 Å². The van der Waals surface area contributed by atoms with Crippen molar-refractivity contribution in [3.63, 3.8) is 0 Å². The standard InChI is InChI=1S/C19H23N3O5/c1-5-21-18(12-8-7-9-14(26-3)17(12)27-4)20-11-10-13(23)16(24)15(20)19(25)22(21)6-2/h7-11,18,24H,5-6H2,1-4H3. The minimum atomic E-state index is -0.591. The summed E-state index contributed by atoms with van der Waals surface area (Å²) in [5, 5.41) is 13.7. The molecule has 1 aliphatic rings. The van der Waals surface area contributed by atoms with Crippen molar-refractivity contribution in [3.05, 3.63) is 51.9 Å². The van der Waals surface area contributed by atoms with Gasteiger partial charge in [-0.1, -0.05) is 19.1 Å². The van der Waals surface area contributed by atoms with Gasteiger partial charge in [0.2, 0.25) is 5.43 Å². The van der Waals surface area contributed by atoms with E-state index in [2.05, 4.69) is 0 Å². The van der Waals surface area contributed by atoms with Crippen LogP contribution in [0.2, 0.25) is 0 Å². The Kier molecular flexibility index (Phi) is 5.09. The van der Waals surface area contributed by atoms with E-state index in [0.29, 0.717) is 24.6 Å². The molecule has 2 heterocycles. The van der Waals surface area contributed by atoms with E-state index in [9.17, 15) is 14.7 Å². The first-order valence-electron chi connectivity index (χ1n) is 8.73. The van der Waals surface area contributed by atoms with Crippen molar-refractivity contribution in [1.82, 2.24) is 14.6 Å². The summed E-state index contributed by atoms with van der Waals surface area (Å²) in [5.41, 5.74) is 0.116. The molecule has 144 valence electrons. The van der Waals surface area contributed by atoms with E-state index in [1.807, 2.05) is 31.0 Å². The van der Waals surface area contributed by atoms with Crippen LogP contribution in [0.3, 0.4) is 0 Å². The van der Waals surface area contributed by atoms with Gasteiger partial charge in [-0.3, -0.25) is 14.6 Å². The van der Waals surface area contributed by atoms with E-state index in [0.717, 1.165) is 5.56 Å². The summed E-state index contributed by atoms with van der Waals surface area (Å²) in [4.78, 5) is 24.9. The molecule has 1 aliphatic heterocycles. The van der Waals surface area contributed by atoms with Crippen molar-refractivity contribution in [2.75, 3.05) is 27.3 Å². The predicted molar refractivity (Wildman–Crippen MR) is 99.1 cm³/mol. The number of carbonyl (C=O) groups is 1. The Morgan fingerprint density at radius 1 is 1.07 bits per heavy atom. The Hall–Kier alpha value is -3.00. The topological polar surface area (TPSA) is 84.2 Å². The second-order valence-electron chi connectivity index (χ2n) is 6.02. The average Bonchev–Trinajstić information content (AvgIpc) is 2.69. The molecule has 1 unspecified atom stereocenters. The summed E-state index contributed by atoms with van der Waals surface area (Å²) in [5.74, 6) is 0.104. The summed E-state index contributed by atoms with van der Waals surface area (Å²) in [6.45, 7) is 4.69. The number of ether oxygens (including phenoxy) is 2. The van der Waals surface area contributed by atoms with Crippen LogP contribution in [0.5, 0.6) is 17.2 Å². The highest BCUT2D eigenvalue weighted by Gasteiger charge is 2.40. The van der Waals surface area contributed by atoms with Gasteiger partial charge in [0, 0.05) is 30.9 Å². The first kappa shape index (κ1) is 18.8. The normalized spacial score (nSPS) is 17.0. The molecule has 3 rings (SSSR count). The Morgan fingerprint density at radius 3 is 2.41 bits per heavy atom. The van der Waals surface area contributed by atoms with Crippen molar-refractivity contribution in [2.45, 2.75) is 20.0 Å². The second kappa shape index (κ2) is 7.32. The first-order chi connectivity index (χ1) is 13.0. The van der Waals surface area contributed by atoms with E-state index >= 15 is 0 Å². The van der Waals surface area contributed by atoms with Crippen LogP contribution in [0.25, 0.3) is 0 Å². The van der Waals surface area contributed by atoms with Crippen LogP contribution in [0.1, 0.15) is 36.1 Å². The van der Waals surface area contributed by atoms with Gasteiger partial charge in [0.25, 0.3) is 5.91 Å². The highest BCUT2D eigenvalue weighted by atomic mass is 16.5. The zero-order valence-electron chi connectivity index (χ0n) is 15.8. The van der Waals surface area contributed by atoms with Crippen molar-refractivity contribution in [1.29, 1.82) is 0 Å². The van der Waals surface area contributed by atoms with Crippen LogP contribution < -0.4 is 14.9 Å². The van der Waals surface area contributed by atoms with Gasteiger partial charge in [0.1, 0.15) is 6.17 Å². The maximum atomic E-state index is 13.0. The average molecular weight is 373 g/mol. The number of hydrogen-bond donors (Lipinski definition) is 1. The number of hydrogen-bond acceptors (Lipinski definition) is 6. The minimum Gasteiger partial charge on any atom is -0.503 e. The van der Waals surface area contributed by atoms with Crippen LogP contribution in [-0.4, -0.2) is 52.9 Å². The zero-order valence-corrected chi connectivity index (χ0v) is 15.8. The van der Waals surface area contributed by atoms with Crippen LogP contribution in [-0.2, 0) is 0 Å². The number of nitrogens with zero attached hydrogens (tertiary/aromatic N) is 3. The fraction of sp³-hybridized carbons (Fsp3) is 0.368. The molecule has 0 fully saturated rings. The van der Waals surface area contributed by atoms with Gasteiger partial charge < -0.3 is 19.1 Å². The maximum Gasteiger partial charge on any atom is 0.288 e. The number of amides is 1. The molecule has 1 aromatic carbocycles. The molecule has 0 saturated heterocycles. The summed E-state index contributed by atoms with van der Waals surface area (Å²) in [6.07, 6.45) is 1.02. The lowest BCUT2D eigenvalue weighted by Crippen LogP contribution is -2.55. The number of pyridine rings is 1. The highest BCUT2D eigenvalue weighted by molar-refractivity contribution is 5.95. The van der Waals surface area contributed by atoms with Crippen LogP contribution >= 0.6 is 0 Å². The Balaban J connectivity index is 2.35. The molecular formula is C19H23N3O5. The molecule has 0 radical (unpaired) electrons. The number of para-hydroxylation sites is 1. The third kappa shape index (κ3) is 2.82. The lowest BCUT2D eigenvalue weighted by molar-refractivity contribution is -0.0576. The lowest BCUT2D eigenvalue weighted by Gasteiger charge is -2.45. The van der Waals surface area contributed by atoms with Gasteiger partial charge >= 0.3 is 0 Å². The van der Waals surface area contributed by atoms with Crippen molar-refractivity contribution in [3.8, 4) is 17.2 Å². The fourth-order valence-electron chi connectivity index (χ4n) is 3.57. The molecule has 1 aromatic heterocycles. The van der Waals surface area contributed by atoms with E-state index < -0.39 is 23.3 Å². The number of aromatic hydroxyl groups is 1. The third-order valence-electron chi connectivity index (χ3n) is 4.73. The number of methoxy groups -OCH3 is 2. The van der Waals surface area contributed by atoms with Crippen molar-refractivity contribution < 1.29 is 19.4 Å². The molecule has 1 N–H and O–H groups in total. The highest BCUT2D eigenvalue weighted by Crippen LogP contribution is 2.41. The monoisotopic (exact) mass is 373 g/mol. The number of hydrazine groups is 1. The number of aromatic nitrogens is 1. The molecule has 27 heavy (non-hydrogen) atoms. The molecule has 0 saturated carbocycles. The van der Waals surface area contributed by atoms with E-state index in [-0.39, 0.29) is 5.69 Å². The lowest BCUT2D eigenvalue weighted by atomic mass is 10.1. The Labute approximate surface area is 157 Å². The summed E-state index contributed by atoms with van der Waals surface area (Å²) in [7, 11) is 3.10. The molecular weight excluding hydrogens is 350 g/mol. The summed E-state index contributed by atoms with van der Waals surface area (Å²) in [6, 6.07) is 6.74. The van der Waals surface area contributed by atoms with E-state index in [1.165, 1.54) is 17.3 Å². The summed E-state index contributed by atoms with van der Waals surface area (Å²) >= 11 is 0. The predicted octanol–water partition coefficient (Wildman–Crippen LogP) is 1.83. The maximum absolute atomic E-state index is 13.0. The SMILES string of the molecule is CCN1C(=O)c2c(O)c(=O)ccn2C(c2cccc(OC)c2OC)N1CC. The molecule has 0 bridgehead atoms. The molecule has 1 atom stereocenters. The smallest absolute Gasteiger partial charge is 0.288 e. The molecule has 2 aromatic rings. The van der Waals surface area contributed by atoms with E-state index in [4.69, 9.17) is 9.47 Å². The van der Waals surface area contributed by atoms with Crippen LogP contribution in [0.15, 0.2) is 35.3 Å². The summed E-state index contributed by atoms with van der Waals surface area (Å²) < 4.78 is 12.6. The molecule has 0 spiro atoms. The van der Waals surface area contributed by atoms with Gasteiger partial charge in [-0.05, 0) is 13.0 Å². The van der Waals surface area contributed by atoms with Gasteiger partial charge in [0.15, 0.2) is 22.9 Å². The van der Waals surface area contributed by atoms with Crippen LogP contribution in [0, 0.1) is 0 Å². The van der Waals surface area contributed by atoms with Gasteiger partial charge in [-0.2, -0.15) is 5.01 Å². The van der Waals surface area contributed by atoms with Crippen molar-refractivity contribution >= 4 is 5.91 Å². The van der Waals surface area contributed by atoms with Gasteiger partial charge in [-0.25, -0.2) is 0 Å². The van der Waals surface area contributed by atoms with Crippen molar-refractivity contribution in [2.24, 2.45) is 0 Å². The Morgan fingerprint density at radius 2 is 1.81 bits per heavy atom.